The summed E-state index contributed by atoms with van der Waals surface area (Å²) >= 11 is 0. The fraction of sp³-hybridized carbons (Fsp3) is 0.632. The van der Waals surface area contributed by atoms with Crippen LogP contribution in [0.3, 0.4) is 0 Å². The Labute approximate surface area is 144 Å². The second kappa shape index (κ2) is 6.73. The Morgan fingerprint density at radius 3 is 2.88 bits per heavy atom. The predicted molar refractivity (Wildman–Crippen MR) is 93.6 cm³/mol. The first-order valence-electron chi connectivity index (χ1n) is 8.83. The molecule has 132 valence electrons. The maximum atomic E-state index is 10.4. The Morgan fingerprint density at radius 1 is 1.42 bits per heavy atom. The van der Waals surface area contributed by atoms with Crippen LogP contribution in [0.1, 0.15) is 63.2 Å². The number of furan rings is 1. The van der Waals surface area contributed by atoms with Gasteiger partial charge in [-0.1, -0.05) is 20.8 Å². The molecule has 1 aliphatic rings. The maximum absolute atomic E-state index is 10.4. The van der Waals surface area contributed by atoms with Gasteiger partial charge in [0.25, 0.3) is 0 Å². The zero-order chi connectivity index (χ0) is 17.3. The maximum Gasteiger partial charge on any atom is 0.132 e. The SMILES string of the molecule is Cn1cc(CN2CCCC2CC(O)c2ccco2)c(C(C)(C)C)n1. The molecule has 24 heavy (non-hydrogen) atoms. The molecule has 3 rings (SSSR count). The molecule has 2 aromatic heterocycles. The average molecular weight is 331 g/mol. The van der Waals surface area contributed by atoms with Crippen LogP contribution in [-0.4, -0.2) is 32.4 Å². The lowest BCUT2D eigenvalue weighted by Crippen LogP contribution is -2.31. The van der Waals surface area contributed by atoms with Gasteiger partial charge in [0.05, 0.1) is 12.0 Å². The molecule has 2 atom stereocenters. The third-order valence-electron chi connectivity index (χ3n) is 4.85. The number of aromatic nitrogens is 2. The normalized spacial score (nSPS) is 20.6. The lowest BCUT2D eigenvalue weighted by Gasteiger charge is -2.27. The van der Waals surface area contributed by atoms with Gasteiger partial charge < -0.3 is 9.52 Å². The van der Waals surface area contributed by atoms with E-state index in [1.807, 2.05) is 23.9 Å². The Balaban J connectivity index is 1.70. The summed E-state index contributed by atoms with van der Waals surface area (Å²) in [4.78, 5) is 2.48. The topological polar surface area (TPSA) is 54.4 Å². The van der Waals surface area contributed by atoms with Crippen LogP contribution in [0.5, 0.6) is 0 Å². The van der Waals surface area contributed by atoms with Crippen molar-refractivity contribution in [2.45, 2.75) is 64.1 Å². The third-order valence-corrected chi connectivity index (χ3v) is 4.85. The van der Waals surface area contributed by atoms with Crippen LogP contribution in [-0.2, 0) is 19.0 Å². The molecule has 2 unspecified atom stereocenters. The minimum absolute atomic E-state index is 0.0412. The molecule has 5 nitrogen and oxygen atoms in total. The van der Waals surface area contributed by atoms with Crippen molar-refractivity contribution < 1.29 is 9.52 Å². The molecule has 2 aromatic rings. The predicted octanol–water partition coefficient (Wildman–Crippen LogP) is 3.40. The van der Waals surface area contributed by atoms with E-state index in [4.69, 9.17) is 4.42 Å². The molecule has 3 heterocycles. The van der Waals surface area contributed by atoms with Gasteiger partial charge in [-0.2, -0.15) is 5.10 Å². The number of rotatable bonds is 5. The second-order valence-electron chi connectivity index (χ2n) is 7.96. The van der Waals surface area contributed by atoms with E-state index in [1.165, 1.54) is 17.7 Å². The van der Waals surface area contributed by atoms with Gasteiger partial charge in [0.1, 0.15) is 11.9 Å². The minimum atomic E-state index is -0.526. The first kappa shape index (κ1) is 17.2. The average Bonchev–Trinajstić information content (AvgIpc) is 3.20. The van der Waals surface area contributed by atoms with Crippen LogP contribution in [0.15, 0.2) is 29.0 Å². The largest absolute Gasteiger partial charge is 0.467 e. The van der Waals surface area contributed by atoms with Crippen molar-refractivity contribution in [3.8, 4) is 0 Å². The first-order chi connectivity index (χ1) is 11.3. The van der Waals surface area contributed by atoms with Crippen LogP contribution in [0.25, 0.3) is 0 Å². The number of aliphatic hydroxyl groups excluding tert-OH is 1. The Hall–Kier alpha value is -1.59. The second-order valence-corrected chi connectivity index (χ2v) is 7.96. The Kier molecular flexibility index (Phi) is 4.83. The van der Waals surface area contributed by atoms with Gasteiger partial charge in [-0.05, 0) is 37.9 Å². The quantitative estimate of drug-likeness (QED) is 0.912. The van der Waals surface area contributed by atoms with Crippen molar-refractivity contribution in [3.05, 3.63) is 41.6 Å². The van der Waals surface area contributed by atoms with Gasteiger partial charge in [0, 0.05) is 36.8 Å². The Bertz CT molecular complexity index is 655. The molecular weight excluding hydrogens is 302 g/mol. The van der Waals surface area contributed by atoms with E-state index in [0.717, 1.165) is 25.9 Å². The molecule has 0 bridgehead atoms. The van der Waals surface area contributed by atoms with E-state index in [1.54, 1.807) is 6.26 Å². The Morgan fingerprint density at radius 2 is 2.21 bits per heavy atom. The van der Waals surface area contributed by atoms with Gasteiger partial charge in [-0.15, -0.1) is 0 Å². The molecule has 1 aliphatic heterocycles. The van der Waals surface area contributed by atoms with E-state index in [0.29, 0.717) is 11.8 Å². The van der Waals surface area contributed by atoms with Gasteiger partial charge in [0.15, 0.2) is 0 Å². The summed E-state index contributed by atoms with van der Waals surface area (Å²) < 4.78 is 7.26. The summed E-state index contributed by atoms with van der Waals surface area (Å²) in [6.45, 7) is 8.60. The van der Waals surface area contributed by atoms with E-state index >= 15 is 0 Å². The zero-order valence-electron chi connectivity index (χ0n) is 15.2. The van der Waals surface area contributed by atoms with Crippen molar-refractivity contribution in [2.75, 3.05) is 6.54 Å². The summed E-state index contributed by atoms with van der Waals surface area (Å²) in [6, 6.07) is 4.07. The van der Waals surface area contributed by atoms with Crippen molar-refractivity contribution in [2.24, 2.45) is 7.05 Å². The first-order valence-corrected chi connectivity index (χ1v) is 8.83. The summed E-state index contributed by atoms with van der Waals surface area (Å²) in [5.41, 5.74) is 2.51. The number of hydrogen-bond acceptors (Lipinski definition) is 4. The molecule has 1 N–H and O–H groups in total. The smallest absolute Gasteiger partial charge is 0.132 e. The molecule has 0 saturated carbocycles. The number of aliphatic hydroxyl groups is 1. The highest BCUT2D eigenvalue weighted by atomic mass is 16.4. The number of hydrogen-bond donors (Lipinski definition) is 1. The van der Waals surface area contributed by atoms with Gasteiger partial charge in [-0.25, -0.2) is 0 Å². The van der Waals surface area contributed by atoms with E-state index in [-0.39, 0.29) is 5.41 Å². The van der Waals surface area contributed by atoms with Crippen molar-refractivity contribution in [1.82, 2.24) is 14.7 Å². The van der Waals surface area contributed by atoms with E-state index in [9.17, 15) is 5.11 Å². The lowest BCUT2D eigenvalue weighted by atomic mass is 9.89. The van der Waals surface area contributed by atoms with Crippen molar-refractivity contribution in [1.29, 1.82) is 0 Å². The fourth-order valence-corrected chi connectivity index (χ4v) is 3.73. The molecule has 5 heteroatoms. The molecule has 0 amide bonds. The number of likely N-dealkylation sites (tertiary alicyclic amines) is 1. The molecule has 0 radical (unpaired) electrons. The monoisotopic (exact) mass is 331 g/mol. The molecule has 0 aromatic carbocycles. The minimum Gasteiger partial charge on any atom is -0.467 e. The van der Waals surface area contributed by atoms with Crippen molar-refractivity contribution >= 4 is 0 Å². The van der Waals surface area contributed by atoms with Crippen LogP contribution in [0.4, 0.5) is 0 Å². The van der Waals surface area contributed by atoms with Crippen LogP contribution in [0.2, 0.25) is 0 Å². The molecule has 0 aliphatic carbocycles. The van der Waals surface area contributed by atoms with E-state index in [2.05, 4.69) is 37.0 Å². The van der Waals surface area contributed by atoms with Crippen molar-refractivity contribution in [3.63, 3.8) is 0 Å². The summed E-state index contributed by atoms with van der Waals surface area (Å²) in [6.07, 6.45) is 6.26. The molecule has 0 spiro atoms. The highest BCUT2D eigenvalue weighted by Crippen LogP contribution is 2.31. The summed E-state index contributed by atoms with van der Waals surface area (Å²) in [5.74, 6) is 0.665. The van der Waals surface area contributed by atoms with Crippen LogP contribution >= 0.6 is 0 Å². The van der Waals surface area contributed by atoms with Gasteiger partial charge >= 0.3 is 0 Å². The molecule has 1 saturated heterocycles. The summed E-state index contributed by atoms with van der Waals surface area (Å²) in [5, 5.41) is 15.1. The highest BCUT2D eigenvalue weighted by Gasteiger charge is 2.30. The zero-order valence-corrected chi connectivity index (χ0v) is 15.2. The number of aryl methyl sites for hydroxylation is 1. The summed E-state index contributed by atoms with van der Waals surface area (Å²) in [7, 11) is 1.99. The lowest BCUT2D eigenvalue weighted by molar-refractivity contribution is 0.0993. The number of nitrogens with zero attached hydrogens (tertiary/aromatic N) is 3. The molecular formula is C19H29N3O2. The van der Waals surface area contributed by atoms with Crippen LogP contribution < -0.4 is 0 Å². The molecule has 1 fully saturated rings. The highest BCUT2D eigenvalue weighted by molar-refractivity contribution is 5.24. The van der Waals surface area contributed by atoms with Gasteiger partial charge in [-0.3, -0.25) is 9.58 Å². The standard InChI is InChI=1S/C19H29N3O2/c1-19(2,3)18-14(12-21(4)20-18)13-22-9-5-7-15(22)11-16(23)17-8-6-10-24-17/h6,8,10,12,15-16,23H,5,7,9,11,13H2,1-4H3. The van der Waals surface area contributed by atoms with Crippen LogP contribution in [0, 0.1) is 0 Å². The van der Waals surface area contributed by atoms with E-state index < -0.39 is 6.10 Å². The van der Waals surface area contributed by atoms with Gasteiger partial charge in [0.2, 0.25) is 0 Å². The fourth-order valence-electron chi connectivity index (χ4n) is 3.73. The third kappa shape index (κ3) is 3.73.